The molecule has 3 rings (SSSR count). The molecule has 0 fully saturated rings. The van der Waals surface area contributed by atoms with Crippen molar-refractivity contribution in [2.24, 2.45) is 0 Å². The number of carbonyl (C=O) groups is 2. The smallest absolute Gasteiger partial charge is 0.274 e. The van der Waals surface area contributed by atoms with E-state index in [-0.39, 0.29) is 17.1 Å². The van der Waals surface area contributed by atoms with Gasteiger partial charge in [-0.15, -0.1) is 0 Å². The van der Waals surface area contributed by atoms with Crippen LogP contribution in [0.5, 0.6) is 0 Å². The number of aromatic nitrogens is 1. The summed E-state index contributed by atoms with van der Waals surface area (Å²) in [4.78, 5) is 28.9. The summed E-state index contributed by atoms with van der Waals surface area (Å²) in [5, 5.41) is 5.48. The highest BCUT2D eigenvalue weighted by Gasteiger charge is 2.13. The number of rotatable bonds is 5. The monoisotopic (exact) mass is 363 g/mol. The fourth-order valence-corrected chi connectivity index (χ4v) is 2.57. The number of aryl methyl sites for hydroxylation is 1. The lowest BCUT2D eigenvalue weighted by Crippen LogP contribution is -2.17. The number of anilines is 2. The summed E-state index contributed by atoms with van der Waals surface area (Å²) in [6.45, 7) is 2.00. The Hall–Kier alpha value is -3.54. The molecule has 1 heterocycles. The Balaban J connectivity index is 1.75. The van der Waals surface area contributed by atoms with Gasteiger partial charge in [0.15, 0.2) is 0 Å². The van der Waals surface area contributed by atoms with Gasteiger partial charge in [-0.25, -0.2) is 4.39 Å². The lowest BCUT2D eigenvalue weighted by atomic mass is 10.1. The second-order valence-electron chi connectivity index (χ2n) is 5.86. The fraction of sp³-hybridized carbons (Fsp3) is 0.0952. The molecule has 0 bridgehead atoms. The molecule has 0 saturated carbocycles. The maximum absolute atomic E-state index is 13.0. The normalized spacial score (nSPS) is 10.3. The van der Waals surface area contributed by atoms with E-state index in [4.69, 9.17) is 0 Å². The summed E-state index contributed by atoms with van der Waals surface area (Å²) in [6, 6.07) is 15.9. The van der Waals surface area contributed by atoms with E-state index in [9.17, 15) is 14.0 Å². The second-order valence-corrected chi connectivity index (χ2v) is 5.86. The largest absolute Gasteiger partial charge is 0.322 e. The van der Waals surface area contributed by atoms with Crippen molar-refractivity contribution in [1.29, 1.82) is 0 Å². The SMILES string of the molecule is CCc1ccccc1NC(=O)c1cc(C(=O)Nc2ccc(F)cc2)ccn1. The maximum Gasteiger partial charge on any atom is 0.274 e. The first-order valence-corrected chi connectivity index (χ1v) is 8.49. The highest BCUT2D eigenvalue weighted by molar-refractivity contribution is 6.08. The molecule has 0 unspecified atom stereocenters. The topological polar surface area (TPSA) is 71.1 Å². The molecule has 0 aliphatic rings. The summed E-state index contributed by atoms with van der Waals surface area (Å²) in [6.07, 6.45) is 2.18. The van der Waals surface area contributed by atoms with Crippen LogP contribution in [-0.4, -0.2) is 16.8 Å². The van der Waals surface area contributed by atoms with E-state index in [2.05, 4.69) is 15.6 Å². The minimum Gasteiger partial charge on any atom is -0.322 e. The number of hydrogen-bond acceptors (Lipinski definition) is 3. The van der Waals surface area contributed by atoms with Crippen LogP contribution in [0.2, 0.25) is 0 Å². The van der Waals surface area contributed by atoms with Crippen molar-refractivity contribution < 1.29 is 14.0 Å². The average Bonchev–Trinajstić information content (AvgIpc) is 2.70. The van der Waals surface area contributed by atoms with E-state index in [1.807, 2.05) is 31.2 Å². The molecule has 1 aromatic heterocycles. The zero-order valence-electron chi connectivity index (χ0n) is 14.7. The first-order chi connectivity index (χ1) is 13.1. The number of benzene rings is 2. The molecule has 27 heavy (non-hydrogen) atoms. The molecule has 3 aromatic rings. The molecule has 0 spiro atoms. The van der Waals surface area contributed by atoms with Gasteiger partial charge in [0, 0.05) is 23.1 Å². The van der Waals surface area contributed by atoms with E-state index in [0.29, 0.717) is 11.4 Å². The van der Waals surface area contributed by atoms with Crippen molar-refractivity contribution in [2.75, 3.05) is 10.6 Å². The van der Waals surface area contributed by atoms with Crippen LogP contribution < -0.4 is 10.6 Å². The Bertz CT molecular complexity index is 971. The predicted octanol–water partition coefficient (Wildman–Crippen LogP) is 4.29. The lowest BCUT2D eigenvalue weighted by molar-refractivity contribution is 0.102. The molecule has 0 atom stereocenters. The van der Waals surface area contributed by atoms with Crippen LogP contribution in [0.25, 0.3) is 0 Å². The van der Waals surface area contributed by atoms with Gasteiger partial charge in [-0.05, 0) is 54.4 Å². The van der Waals surface area contributed by atoms with Gasteiger partial charge in [0.2, 0.25) is 0 Å². The summed E-state index contributed by atoms with van der Waals surface area (Å²) in [7, 11) is 0. The number of nitrogens with one attached hydrogen (secondary N) is 2. The number of hydrogen-bond donors (Lipinski definition) is 2. The Morgan fingerprint density at radius 1 is 0.963 bits per heavy atom. The number of carbonyl (C=O) groups excluding carboxylic acids is 2. The van der Waals surface area contributed by atoms with Crippen LogP contribution in [0.4, 0.5) is 15.8 Å². The highest BCUT2D eigenvalue weighted by atomic mass is 19.1. The van der Waals surface area contributed by atoms with E-state index in [1.54, 1.807) is 0 Å². The Labute approximate surface area is 156 Å². The van der Waals surface area contributed by atoms with Crippen molar-refractivity contribution in [3.8, 4) is 0 Å². The third-order valence-electron chi connectivity index (χ3n) is 4.00. The molecule has 0 aliphatic heterocycles. The van der Waals surface area contributed by atoms with Crippen molar-refractivity contribution in [3.63, 3.8) is 0 Å². The molecule has 0 radical (unpaired) electrons. The van der Waals surface area contributed by atoms with Crippen LogP contribution >= 0.6 is 0 Å². The zero-order valence-corrected chi connectivity index (χ0v) is 14.7. The van der Waals surface area contributed by atoms with Crippen LogP contribution in [0.1, 0.15) is 33.3 Å². The van der Waals surface area contributed by atoms with Crippen molar-refractivity contribution in [2.45, 2.75) is 13.3 Å². The van der Waals surface area contributed by atoms with Gasteiger partial charge < -0.3 is 10.6 Å². The first-order valence-electron chi connectivity index (χ1n) is 8.49. The lowest BCUT2D eigenvalue weighted by Gasteiger charge is -2.10. The molecule has 136 valence electrons. The number of nitrogens with zero attached hydrogens (tertiary/aromatic N) is 1. The second kappa shape index (κ2) is 8.23. The molecule has 5 nitrogen and oxygen atoms in total. The first kappa shape index (κ1) is 18.3. The van der Waals surface area contributed by atoms with Gasteiger partial charge >= 0.3 is 0 Å². The standard InChI is InChI=1S/C21H18FN3O2/c1-2-14-5-3-4-6-18(14)25-21(27)19-13-15(11-12-23-19)20(26)24-17-9-7-16(22)8-10-17/h3-13H,2H2,1H3,(H,24,26)(H,25,27). The van der Waals surface area contributed by atoms with Gasteiger partial charge in [0.25, 0.3) is 11.8 Å². The minimum absolute atomic E-state index is 0.132. The van der Waals surface area contributed by atoms with Gasteiger partial charge in [-0.2, -0.15) is 0 Å². The maximum atomic E-state index is 13.0. The summed E-state index contributed by atoms with van der Waals surface area (Å²) >= 11 is 0. The van der Waals surface area contributed by atoms with Crippen LogP contribution in [-0.2, 0) is 6.42 Å². The average molecular weight is 363 g/mol. The van der Waals surface area contributed by atoms with E-state index in [0.717, 1.165) is 12.0 Å². The Morgan fingerprint density at radius 3 is 2.44 bits per heavy atom. The number of para-hydroxylation sites is 1. The quantitative estimate of drug-likeness (QED) is 0.710. The van der Waals surface area contributed by atoms with Crippen molar-refractivity contribution in [1.82, 2.24) is 4.98 Å². The Morgan fingerprint density at radius 2 is 1.70 bits per heavy atom. The van der Waals surface area contributed by atoms with Gasteiger partial charge in [0.1, 0.15) is 11.5 Å². The van der Waals surface area contributed by atoms with Gasteiger partial charge in [0.05, 0.1) is 0 Å². The molecule has 0 aliphatic carbocycles. The Kier molecular flexibility index (Phi) is 5.56. The van der Waals surface area contributed by atoms with Gasteiger partial charge in [-0.1, -0.05) is 25.1 Å². The number of amides is 2. The van der Waals surface area contributed by atoms with Crippen LogP contribution in [0.15, 0.2) is 66.9 Å². The number of halogens is 1. The summed E-state index contributed by atoms with van der Waals surface area (Å²) in [5.41, 5.74) is 2.60. The highest BCUT2D eigenvalue weighted by Crippen LogP contribution is 2.17. The van der Waals surface area contributed by atoms with E-state index < -0.39 is 11.8 Å². The molecule has 2 aromatic carbocycles. The van der Waals surface area contributed by atoms with Crippen LogP contribution in [0.3, 0.4) is 0 Å². The third-order valence-corrected chi connectivity index (χ3v) is 4.00. The fourth-order valence-electron chi connectivity index (χ4n) is 2.57. The third kappa shape index (κ3) is 4.55. The zero-order chi connectivity index (χ0) is 19.2. The number of pyridine rings is 1. The molecule has 2 N–H and O–H groups in total. The summed E-state index contributed by atoms with van der Waals surface area (Å²) in [5.74, 6) is -1.19. The molecular formula is C21H18FN3O2. The van der Waals surface area contributed by atoms with Crippen LogP contribution in [0, 0.1) is 5.82 Å². The van der Waals surface area contributed by atoms with Gasteiger partial charge in [-0.3, -0.25) is 14.6 Å². The minimum atomic E-state index is -0.410. The summed E-state index contributed by atoms with van der Waals surface area (Å²) < 4.78 is 13.0. The molecule has 2 amide bonds. The molecule has 0 saturated heterocycles. The van der Waals surface area contributed by atoms with Crippen molar-refractivity contribution in [3.05, 3.63) is 89.5 Å². The van der Waals surface area contributed by atoms with Crippen molar-refractivity contribution >= 4 is 23.2 Å². The van der Waals surface area contributed by atoms with E-state index in [1.165, 1.54) is 42.6 Å². The molecular weight excluding hydrogens is 345 g/mol. The predicted molar refractivity (Wildman–Crippen MR) is 102 cm³/mol. The molecule has 6 heteroatoms. The van der Waals surface area contributed by atoms with E-state index >= 15 is 0 Å².